The molecular formula is C10H14O2Si2. The molecule has 0 saturated carbocycles. The Morgan fingerprint density at radius 3 is 1.50 bits per heavy atom. The number of hydrogen-bond donors (Lipinski definition) is 0. The van der Waals surface area contributed by atoms with Gasteiger partial charge in [-0.1, -0.05) is 26.2 Å². The second-order valence-corrected chi connectivity index (χ2v) is 8.92. The smallest absolute Gasteiger partial charge is 0.178 e. The van der Waals surface area contributed by atoms with Crippen molar-refractivity contribution < 1.29 is 9.59 Å². The summed E-state index contributed by atoms with van der Waals surface area (Å²) in [5, 5.41) is 1.53. The molecular weight excluding hydrogens is 208 g/mol. The van der Waals surface area contributed by atoms with Gasteiger partial charge in [0, 0.05) is 0 Å². The summed E-state index contributed by atoms with van der Waals surface area (Å²) in [5.74, 6) is 0.120. The third kappa shape index (κ3) is 2.19. The van der Waals surface area contributed by atoms with Crippen LogP contribution in [0.5, 0.6) is 0 Å². The lowest BCUT2D eigenvalue weighted by atomic mass is 10.1. The summed E-state index contributed by atoms with van der Waals surface area (Å²) in [4.78, 5) is 23.3. The van der Waals surface area contributed by atoms with Gasteiger partial charge in [0.15, 0.2) is 11.6 Å². The van der Waals surface area contributed by atoms with Crippen LogP contribution in [0.1, 0.15) is 0 Å². The van der Waals surface area contributed by atoms with E-state index in [0.717, 1.165) is 10.4 Å². The van der Waals surface area contributed by atoms with Gasteiger partial charge in [-0.15, -0.1) is 0 Å². The largest absolute Gasteiger partial charge is 0.290 e. The zero-order valence-electron chi connectivity index (χ0n) is 8.97. The first-order valence-corrected chi connectivity index (χ1v) is 9.56. The Morgan fingerprint density at radius 1 is 0.857 bits per heavy atom. The van der Waals surface area contributed by atoms with Crippen LogP contribution in [-0.2, 0) is 9.59 Å². The van der Waals surface area contributed by atoms with Crippen LogP contribution in [0.2, 0.25) is 26.2 Å². The maximum Gasteiger partial charge on any atom is 0.178 e. The van der Waals surface area contributed by atoms with Gasteiger partial charge in [0.05, 0.1) is 17.6 Å². The fourth-order valence-corrected chi connectivity index (χ4v) is 3.51. The molecule has 0 spiro atoms. The normalized spacial score (nSPS) is 17.6. The van der Waals surface area contributed by atoms with Crippen molar-refractivity contribution in [1.82, 2.24) is 0 Å². The molecule has 0 bridgehead atoms. The molecule has 0 aromatic rings. The third-order valence-corrected chi connectivity index (χ3v) is 5.04. The van der Waals surface area contributed by atoms with Gasteiger partial charge >= 0.3 is 0 Å². The van der Waals surface area contributed by atoms with Crippen molar-refractivity contribution in [3.8, 4) is 0 Å². The van der Waals surface area contributed by atoms with Gasteiger partial charge in [-0.05, 0) is 22.5 Å². The molecule has 0 fully saturated rings. The minimum Gasteiger partial charge on any atom is -0.290 e. The fraction of sp³-hybridized carbons (Fsp3) is 0.400. The number of allylic oxidation sites excluding steroid dienone is 4. The molecule has 1 rings (SSSR count). The van der Waals surface area contributed by atoms with E-state index in [1.54, 1.807) is 0 Å². The SMILES string of the molecule is C[Si](C)C1=CC(=O)C=C([Si](C)C)C1=O. The fourth-order valence-electron chi connectivity index (χ4n) is 1.35. The monoisotopic (exact) mass is 222 g/mol. The van der Waals surface area contributed by atoms with E-state index in [2.05, 4.69) is 0 Å². The van der Waals surface area contributed by atoms with Crippen molar-refractivity contribution in [3.63, 3.8) is 0 Å². The van der Waals surface area contributed by atoms with Crippen LogP contribution in [0.4, 0.5) is 0 Å². The van der Waals surface area contributed by atoms with Gasteiger partial charge < -0.3 is 0 Å². The lowest BCUT2D eigenvalue weighted by Crippen LogP contribution is -2.28. The molecule has 14 heavy (non-hydrogen) atoms. The van der Waals surface area contributed by atoms with Gasteiger partial charge in [-0.3, -0.25) is 9.59 Å². The van der Waals surface area contributed by atoms with Crippen molar-refractivity contribution in [2.45, 2.75) is 26.2 Å². The molecule has 1 aliphatic carbocycles. The van der Waals surface area contributed by atoms with E-state index < -0.39 is 17.6 Å². The first-order chi connectivity index (χ1) is 6.43. The predicted octanol–water partition coefficient (Wildman–Crippen LogP) is 1.58. The minimum absolute atomic E-state index is 0.00741. The summed E-state index contributed by atoms with van der Waals surface area (Å²) in [5.41, 5.74) is 0. The summed E-state index contributed by atoms with van der Waals surface area (Å²) in [6.07, 6.45) is 3.04. The molecule has 0 aromatic carbocycles. The van der Waals surface area contributed by atoms with Gasteiger partial charge in [0.1, 0.15) is 0 Å². The van der Waals surface area contributed by atoms with E-state index in [-0.39, 0.29) is 11.6 Å². The highest BCUT2D eigenvalue weighted by Gasteiger charge is 2.25. The van der Waals surface area contributed by atoms with E-state index in [1.807, 2.05) is 26.2 Å². The van der Waals surface area contributed by atoms with Crippen LogP contribution < -0.4 is 0 Å². The van der Waals surface area contributed by atoms with Crippen LogP contribution in [0.3, 0.4) is 0 Å². The first kappa shape index (κ1) is 11.3. The molecule has 0 aliphatic heterocycles. The van der Waals surface area contributed by atoms with Gasteiger partial charge in [-0.2, -0.15) is 0 Å². The molecule has 0 N–H and O–H groups in total. The Balaban J connectivity index is 3.07. The quantitative estimate of drug-likeness (QED) is 0.525. The minimum atomic E-state index is -0.816. The summed E-state index contributed by atoms with van der Waals surface area (Å²) >= 11 is 0. The highest BCUT2D eigenvalue weighted by Crippen LogP contribution is 2.17. The van der Waals surface area contributed by atoms with Crippen molar-refractivity contribution in [3.05, 3.63) is 22.5 Å². The van der Waals surface area contributed by atoms with E-state index in [9.17, 15) is 9.59 Å². The second kappa shape index (κ2) is 4.19. The molecule has 0 heterocycles. The zero-order valence-corrected chi connectivity index (χ0v) is 11.0. The molecule has 2 radical (unpaired) electrons. The number of ketones is 2. The van der Waals surface area contributed by atoms with Crippen molar-refractivity contribution in [2.75, 3.05) is 0 Å². The number of carbonyl (C=O) groups is 2. The molecule has 0 atom stereocenters. The van der Waals surface area contributed by atoms with Gasteiger partial charge in [-0.25, -0.2) is 0 Å². The Kier molecular flexibility index (Phi) is 3.39. The average molecular weight is 222 g/mol. The number of hydrogen-bond acceptors (Lipinski definition) is 2. The van der Waals surface area contributed by atoms with Crippen LogP contribution in [0, 0.1) is 0 Å². The molecule has 0 unspecified atom stereocenters. The molecule has 4 heteroatoms. The number of rotatable bonds is 2. The van der Waals surface area contributed by atoms with Crippen molar-refractivity contribution in [2.24, 2.45) is 0 Å². The molecule has 0 amide bonds. The van der Waals surface area contributed by atoms with Crippen LogP contribution in [0.25, 0.3) is 0 Å². The standard InChI is InChI=1S/C10H14O2Si2/c1-13(2)8-5-7(11)6-9(10(8)12)14(3)4/h5-6H,1-4H3. The Morgan fingerprint density at radius 2 is 1.21 bits per heavy atom. The van der Waals surface area contributed by atoms with Crippen molar-refractivity contribution in [1.29, 1.82) is 0 Å². The molecule has 0 aromatic heterocycles. The molecule has 0 saturated heterocycles. The van der Waals surface area contributed by atoms with Crippen LogP contribution in [-0.4, -0.2) is 29.2 Å². The summed E-state index contributed by atoms with van der Waals surface area (Å²) in [6, 6.07) is 0. The Labute approximate surface area is 87.9 Å². The van der Waals surface area contributed by atoms with Crippen molar-refractivity contribution >= 4 is 29.2 Å². The number of Topliss-reactive ketones (excluding diaryl/α,β-unsaturated/α-hetero) is 1. The summed E-state index contributed by atoms with van der Waals surface area (Å²) in [7, 11) is -1.63. The second-order valence-electron chi connectivity index (χ2n) is 3.85. The van der Waals surface area contributed by atoms with Crippen LogP contribution in [0.15, 0.2) is 22.5 Å². The first-order valence-electron chi connectivity index (χ1n) is 4.56. The average Bonchev–Trinajstić information content (AvgIpc) is 2.07. The maximum atomic E-state index is 11.9. The van der Waals surface area contributed by atoms with E-state index in [0.29, 0.717) is 0 Å². The highest BCUT2D eigenvalue weighted by molar-refractivity contribution is 6.79. The Hall–Kier alpha value is -0.746. The topological polar surface area (TPSA) is 34.1 Å². The third-order valence-electron chi connectivity index (χ3n) is 2.14. The Bertz CT molecular complexity index is 308. The van der Waals surface area contributed by atoms with E-state index in [4.69, 9.17) is 0 Å². The summed E-state index contributed by atoms with van der Waals surface area (Å²) < 4.78 is 0. The summed E-state index contributed by atoms with van der Waals surface area (Å²) in [6.45, 7) is 8.18. The van der Waals surface area contributed by atoms with Crippen LogP contribution >= 0.6 is 0 Å². The predicted molar refractivity (Wildman–Crippen MR) is 61.1 cm³/mol. The molecule has 1 aliphatic rings. The van der Waals surface area contributed by atoms with E-state index in [1.165, 1.54) is 12.2 Å². The molecule has 2 nitrogen and oxygen atoms in total. The lowest BCUT2D eigenvalue weighted by molar-refractivity contribution is -0.114. The lowest BCUT2D eigenvalue weighted by Gasteiger charge is -2.16. The maximum absolute atomic E-state index is 11.9. The van der Waals surface area contributed by atoms with Gasteiger partial charge in [0.2, 0.25) is 0 Å². The van der Waals surface area contributed by atoms with Gasteiger partial charge in [0.25, 0.3) is 0 Å². The molecule has 74 valence electrons. The zero-order chi connectivity index (χ0) is 10.9. The van der Waals surface area contributed by atoms with E-state index >= 15 is 0 Å². The number of carbonyl (C=O) groups excluding carboxylic acids is 2. The highest BCUT2D eigenvalue weighted by atomic mass is 28.3.